The molecule has 3 rings (SSSR count). The second kappa shape index (κ2) is 11.5. The van der Waals surface area contributed by atoms with Crippen LogP contribution in [0.4, 0.5) is 15.0 Å². The molecule has 1 aromatic carbocycles. The van der Waals surface area contributed by atoms with E-state index in [4.69, 9.17) is 11.6 Å². The molecule has 0 aliphatic carbocycles. The molecule has 1 aliphatic rings. The van der Waals surface area contributed by atoms with Gasteiger partial charge in [-0.3, -0.25) is 19.4 Å². The number of urea groups is 1. The van der Waals surface area contributed by atoms with Crippen molar-refractivity contribution in [2.45, 2.75) is 33.1 Å². The van der Waals surface area contributed by atoms with Crippen molar-refractivity contribution in [2.24, 2.45) is 5.92 Å². The highest BCUT2D eigenvalue weighted by molar-refractivity contribution is 6.31. The van der Waals surface area contributed by atoms with Crippen LogP contribution in [0.15, 0.2) is 30.5 Å². The molecular formula is C25H28ClFN4O5. The van der Waals surface area contributed by atoms with E-state index in [0.717, 1.165) is 29.9 Å². The molecule has 1 saturated heterocycles. The Labute approximate surface area is 213 Å². The van der Waals surface area contributed by atoms with Gasteiger partial charge in [-0.1, -0.05) is 25.4 Å². The molecule has 0 bridgehead atoms. The third kappa shape index (κ3) is 5.99. The Hall–Kier alpha value is -3.53. The summed E-state index contributed by atoms with van der Waals surface area (Å²) in [4.78, 5) is 58.4. The third-order valence-corrected chi connectivity index (χ3v) is 6.08. The smallest absolute Gasteiger partial charge is 0.339 e. The molecule has 0 unspecified atom stereocenters. The van der Waals surface area contributed by atoms with Crippen molar-refractivity contribution < 1.29 is 28.7 Å². The Morgan fingerprint density at radius 1 is 1.22 bits per heavy atom. The van der Waals surface area contributed by atoms with E-state index in [9.17, 15) is 28.7 Å². The van der Waals surface area contributed by atoms with Gasteiger partial charge >= 0.3 is 12.0 Å². The van der Waals surface area contributed by atoms with Crippen LogP contribution in [0.25, 0.3) is 0 Å². The standard InChI is InChI=1S/C25H28ClFN4O5/c1-15(2)6-4-9-29(3)22(32)16-7-8-20(28-14-16)30-10-5-11-31(25(30)36)23(33)18-12-17(26)13-19(27)21(18)24(34)35/h7-8,12-15H,4-6,9-11H2,1-3H3,(H,34,35). The number of aromatic nitrogens is 1. The van der Waals surface area contributed by atoms with Crippen molar-refractivity contribution in [2.75, 3.05) is 31.6 Å². The minimum Gasteiger partial charge on any atom is -0.478 e. The maximum atomic E-state index is 14.2. The molecule has 11 heteroatoms. The predicted octanol–water partition coefficient (Wildman–Crippen LogP) is 4.55. The van der Waals surface area contributed by atoms with E-state index in [1.807, 2.05) is 0 Å². The van der Waals surface area contributed by atoms with E-state index >= 15 is 0 Å². The van der Waals surface area contributed by atoms with Gasteiger partial charge in [0.15, 0.2) is 0 Å². The minimum atomic E-state index is -1.65. The van der Waals surface area contributed by atoms with Crippen molar-refractivity contribution in [3.05, 3.63) is 58.0 Å². The van der Waals surface area contributed by atoms with Crippen LogP contribution in [0.5, 0.6) is 0 Å². The van der Waals surface area contributed by atoms with E-state index in [2.05, 4.69) is 18.8 Å². The molecule has 4 amide bonds. The van der Waals surface area contributed by atoms with Crippen molar-refractivity contribution in [1.29, 1.82) is 0 Å². The monoisotopic (exact) mass is 518 g/mol. The summed E-state index contributed by atoms with van der Waals surface area (Å²) >= 11 is 5.84. The van der Waals surface area contributed by atoms with E-state index in [1.165, 1.54) is 17.2 Å². The van der Waals surface area contributed by atoms with Crippen LogP contribution in [0, 0.1) is 11.7 Å². The zero-order chi connectivity index (χ0) is 26.6. The first-order chi connectivity index (χ1) is 17.0. The number of hydrogen-bond acceptors (Lipinski definition) is 5. The van der Waals surface area contributed by atoms with E-state index < -0.39 is 34.9 Å². The first kappa shape index (κ1) is 27.1. The number of hydrogen-bond donors (Lipinski definition) is 1. The highest BCUT2D eigenvalue weighted by atomic mass is 35.5. The molecule has 1 N–H and O–H groups in total. The molecule has 1 aliphatic heterocycles. The Morgan fingerprint density at radius 2 is 1.94 bits per heavy atom. The summed E-state index contributed by atoms with van der Waals surface area (Å²) in [5.74, 6) is -3.20. The largest absolute Gasteiger partial charge is 0.478 e. The molecular weight excluding hydrogens is 491 g/mol. The van der Waals surface area contributed by atoms with Crippen molar-refractivity contribution in [3.63, 3.8) is 0 Å². The quantitative estimate of drug-likeness (QED) is 0.548. The lowest BCUT2D eigenvalue weighted by atomic mass is 10.0. The Morgan fingerprint density at radius 3 is 2.56 bits per heavy atom. The van der Waals surface area contributed by atoms with E-state index in [1.54, 1.807) is 18.0 Å². The van der Waals surface area contributed by atoms with Crippen LogP contribution < -0.4 is 4.90 Å². The van der Waals surface area contributed by atoms with E-state index in [0.29, 0.717) is 24.4 Å². The normalized spacial score (nSPS) is 13.8. The number of carboxylic acid groups (broad SMARTS) is 1. The maximum Gasteiger partial charge on any atom is 0.339 e. The van der Waals surface area contributed by atoms with Gasteiger partial charge in [-0.15, -0.1) is 0 Å². The predicted molar refractivity (Wildman–Crippen MR) is 132 cm³/mol. The van der Waals surface area contributed by atoms with Crippen LogP contribution in [0.3, 0.4) is 0 Å². The number of anilines is 1. The van der Waals surface area contributed by atoms with Gasteiger partial charge in [0.1, 0.15) is 17.2 Å². The lowest BCUT2D eigenvalue weighted by Crippen LogP contribution is -2.52. The number of pyridine rings is 1. The van der Waals surface area contributed by atoms with Gasteiger partial charge in [-0.25, -0.2) is 19.0 Å². The van der Waals surface area contributed by atoms with Gasteiger partial charge in [0.2, 0.25) is 0 Å². The number of benzene rings is 1. The minimum absolute atomic E-state index is 0.0130. The average molecular weight is 519 g/mol. The van der Waals surface area contributed by atoms with E-state index in [-0.39, 0.29) is 29.8 Å². The first-order valence-electron chi connectivity index (χ1n) is 11.6. The zero-order valence-corrected chi connectivity index (χ0v) is 21.1. The SMILES string of the molecule is CC(C)CCCN(C)C(=O)c1ccc(N2CCCN(C(=O)c3cc(Cl)cc(F)c3C(=O)O)C2=O)nc1. The lowest BCUT2D eigenvalue weighted by Gasteiger charge is -2.34. The average Bonchev–Trinajstić information content (AvgIpc) is 2.82. The van der Waals surface area contributed by atoms with Crippen molar-refractivity contribution in [3.8, 4) is 0 Å². The third-order valence-electron chi connectivity index (χ3n) is 5.86. The molecule has 1 fully saturated rings. The molecule has 0 spiro atoms. The van der Waals surface area contributed by atoms with Gasteiger partial charge in [0, 0.05) is 37.9 Å². The molecule has 1 aromatic heterocycles. The second-order valence-corrected chi connectivity index (χ2v) is 9.46. The number of carbonyl (C=O) groups excluding carboxylic acids is 3. The van der Waals surface area contributed by atoms with Gasteiger partial charge < -0.3 is 10.0 Å². The van der Waals surface area contributed by atoms with Crippen LogP contribution >= 0.6 is 11.6 Å². The number of rotatable bonds is 8. The highest BCUT2D eigenvalue weighted by Crippen LogP contribution is 2.25. The number of halogens is 2. The van der Waals surface area contributed by atoms with Gasteiger partial charge in [0.05, 0.1) is 11.1 Å². The summed E-state index contributed by atoms with van der Waals surface area (Å²) in [6.45, 7) is 5.13. The molecule has 36 heavy (non-hydrogen) atoms. The zero-order valence-electron chi connectivity index (χ0n) is 20.3. The summed E-state index contributed by atoms with van der Waals surface area (Å²) in [5, 5.41) is 9.20. The Balaban J connectivity index is 1.77. The molecule has 2 heterocycles. The fourth-order valence-electron chi connectivity index (χ4n) is 3.96. The summed E-state index contributed by atoms with van der Waals surface area (Å²) in [7, 11) is 1.72. The number of amides is 4. The molecule has 9 nitrogen and oxygen atoms in total. The van der Waals surface area contributed by atoms with Gasteiger partial charge in [-0.05, 0) is 49.4 Å². The molecule has 0 radical (unpaired) electrons. The second-order valence-electron chi connectivity index (χ2n) is 9.03. The summed E-state index contributed by atoms with van der Waals surface area (Å²) < 4.78 is 14.2. The molecule has 2 aromatic rings. The molecule has 192 valence electrons. The van der Waals surface area contributed by atoms with Crippen LogP contribution in [-0.4, -0.2) is 70.4 Å². The highest BCUT2D eigenvalue weighted by Gasteiger charge is 2.35. The summed E-state index contributed by atoms with van der Waals surface area (Å²) in [6.07, 6.45) is 3.65. The van der Waals surface area contributed by atoms with Crippen molar-refractivity contribution >= 4 is 41.2 Å². The molecule has 0 saturated carbocycles. The summed E-state index contributed by atoms with van der Waals surface area (Å²) in [6, 6.07) is 4.16. The summed E-state index contributed by atoms with van der Waals surface area (Å²) in [5.41, 5.74) is -1.01. The van der Waals surface area contributed by atoms with Crippen molar-refractivity contribution in [1.82, 2.24) is 14.8 Å². The first-order valence-corrected chi connectivity index (χ1v) is 12.0. The Kier molecular flexibility index (Phi) is 8.62. The number of aromatic carboxylic acids is 1. The fourth-order valence-corrected chi connectivity index (χ4v) is 4.17. The number of carboxylic acids is 1. The number of carbonyl (C=O) groups is 4. The lowest BCUT2D eigenvalue weighted by molar-refractivity contribution is 0.0675. The Bertz CT molecular complexity index is 1170. The molecule has 0 atom stereocenters. The topological polar surface area (TPSA) is 111 Å². The fraction of sp³-hybridized carbons (Fsp3) is 0.400. The number of nitrogens with zero attached hydrogens (tertiary/aromatic N) is 4. The van der Waals surface area contributed by atoms with Gasteiger partial charge in [0.25, 0.3) is 11.8 Å². The number of imide groups is 1. The maximum absolute atomic E-state index is 14.2. The van der Waals surface area contributed by atoms with Crippen LogP contribution in [0.2, 0.25) is 5.02 Å². The van der Waals surface area contributed by atoms with Gasteiger partial charge in [-0.2, -0.15) is 0 Å². The van der Waals surface area contributed by atoms with Crippen LogP contribution in [-0.2, 0) is 0 Å². The van der Waals surface area contributed by atoms with Crippen LogP contribution in [0.1, 0.15) is 64.2 Å².